The van der Waals surface area contributed by atoms with Gasteiger partial charge in [-0.05, 0) is 61.6 Å². The smallest absolute Gasteiger partial charge is 0.236 e. The third kappa shape index (κ3) is 7.10. The van der Waals surface area contributed by atoms with Crippen molar-refractivity contribution in [2.75, 3.05) is 32.8 Å². The Bertz CT molecular complexity index is 1170. The first-order valence-corrected chi connectivity index (χ1v) is 12.7. The number of benzene rings is 2. The predicted octanol–water partition coefficient (Wildman–Crippen LogP) is 2.88. The van der Waals surface area contributed by atoms with E-state index in [0.717, 1.165) is 28.9 Å². The zero-order chi connectivity index (χ0) is 26.1. The maximum atomic E-state index is 12.5. The predicted molar refractivity (Wildman–Crippen MR) is 145 cm³/mol. The summed E-state index contributed by atoms with van der Waals surface area (Å²) in [7, 11) is 0. The molecule has 0 saturated carbocycles. The van der Waals surface area contributed by atoms with Crippen LogP contribution in [-0.4, -0.2) is 59.8 Å². The highest BCUT2D eigenvalue weighted by Crippen LogP contribution is 2.32. The summed E-state index contributed by atoms with van der Waals surface area (Å²) in [5, 5.41) is 25.9. The van der Waals surface area contributed by atoms with Gasteiger partial charge in [0.25, 0.3) is 0 Å². The largest absolute Gasteiger partial charge is 0.490 e. The molecule has 1 aliphatic heterocycles. The number of rotatable bonds is 9. The number of carbonyl (C=O) groups is 1. The highest BCUT2D eigenvalue weighted by atomic mass is 32.2. The van der Waals surface area contributed by atoms with Crippen molar-refractivity contribution >= 4 is 27.6 Å². The van der Waals surface area contributed by atoms with Gasteiger partial charge in [0.2, 0.25) is 5.91 Å². The third-order valence-corrected chi connectivity index (χ3v) is 6.81. The molecule has 0 atom stereocenters. The second-order valence-corrected chi connectivity index (χ2v) is 9.80. The first kappa shape index (κ1) is 27.3. The summed E-state index contributed by atoms with van der Waals surface area (Å²) in [5.41, 5.74) is 4.52. The van der Waals surface area contributed by atoms with E-state index >= 15 is 0 Å². The second kappa shape index (κ2) is 13.1. The average molecular weight is 508 g/mol. The number of nitrogens with one attached hydrogen (secondary N) is 1. The van der Waals surface area contributed by atoms with E-state index < -0.39 is 0 Å². The minimum Gasteiger partial charge on any atom is -0.490 e. The molecule has 8 nitrogen and oxygen atoms in total. The van der Waals surface area contributed by atoms with E-state index in [1.165, 1.54) is 22.9 Å². The lowest BCUT2D eigenvalue weighted by atomic mass is 10.00. The fourth-order valence-electron chi connectivity index (χ4n) is 3.98. The van der Waals surface area contributed by atoms with Crippen LogP contribution in [0.4, 0.5) is 0 Å². The molecule has 0 fully saturated rings. The number of amides is 1. The van der Waals surface area contributed by atoms with Crippen LogP contribution in [0, 0.1) is 11.3 Å². The number of nitriles is 1. The molecule has 2 aromatic rings. The number of ether oxygens (including phenoxy) is 1. The number of hydrogen-bond donors (Lipinski definition) is 3. The Balaban J connectivity index is 1.70. The molecule has 0 aromatic heterocycles. The van der Waals surface area contributed by atoms with Gasteiger partial charge in [-0.2, -0.15) is 10.4 Å². The van der Waals surface area contributed by atoms with Gasteiger partial charge in [-0.25, -0.2) is 0 Å². The Morgan fingerprint density at radius 3 is 2.64 bits per heavy atom. The number of aliphatic hydroxyl groups is 1. The quantitative estimate of drug-likeness (QED) is 0.157. The fraction of sp³-hybridized carbons (Fsp3) is 0.370. The van der Waals surface area contributed by atoms with Crippen molar-refractivity contribution in [3.8, 4) is 11.8 Å². The molecule has 3 rings (SSSR count). The number of carbonyl (C=O) groups excluding carboxylic acids is 1. The van der Waals surface area contributed by atoms with Crippen LogP contribution in [0.25, 0.3) is 4.91 Å². The van der Waals surface area contributed by atoms with Gasteiger partial charge in [0.15, 0.2) is 0 Å². The third-order valence-electron chi connectivity index (χ3n) is 5.79. The van der Waals surface area contributed by atoms with Crippen LogP contribution in [-0.2, 0) is 17.6 Å². The van der Waals surface area contributed by atoms with Crippen molar-refractivity contribution in [1.29, 1.82) is 5.26 Å². The van der Waals surface area contributed by atoms with E-state index in [0.29, 0.717) is 36.0 Å². The summed E-state index contributed by atoms with van der Waals surface area (Å²) in [6, 6.07) is 13.7. The first-order chi connectivity index (χ1) is 17.4. The Morgan fingerprint density at radius 1 is 1.25 bits per heavy atom. The van der Waals surface area contributed by atoms with E-state index in [4.69, 9.17) is 15.7 Å². The molecule has 1 heterocycles. The molecule has 0 unspecified atom stereocenters. The zero-order valence-electron chi connectivity index (χ0n) is 20.8. The number of nitrogens with two attached hydrogens (primary N) is 1. The van der Waals surface area contributed by atoms with Crippen molar-refractivity contribution in [2.24, 2.45) is 10.9 Å². The molecule has 0 bridgehead atoms. The van der Waals surface area contributed by atoms with E-state index in [1.807, 2.05) is 30.9 Å². The van der Waals surface area contributed by atoms with Crippen molar-refractivity contribution in [3.05, 3.63) is 70.8 Å². The Hall–Kier alpha value is -3.32. The minimum atomic E-state index is -0.0407. The molecule has 0 spiro atoms. The monoisotopic (exact) mass is 507 g/mol. The molecule has 0 saturated heterocycles. The lowest BCUT2D eigenvalue weighted by Crippen LogP contribution is -2.40. The highest BCUT2D eigenvalue weighted by molar-refractivity contribution is 8.22. The number of hydrazone groups is 1. The van der Waals surface area contributed by atoms with Gasteiger partial charge in [-0.1, -0.05) is 36.5 Å². The number of thioether (sulfide) groups is 1. The van der Waals surface area contributed by atoms with Crippen molar-refractivity contribution in [1.82, 2.24) is 10.2 Å². The van der Waals surface area contributed by atoms with Crippen LogP contribution < -0.4 is 15.9 Å². The zero-order valence-corrected chi connectivity index (χ0v) is 21.6. The number of hydrogen-bond acceptors (Lipinski definition) is 8. The van der Waals surface area contributed by atoms with Gasteiger partial charge >= 0.3 is 0 Å². The fourth-order valence-corrected chi connectivity index (χ4v) is 4.75. The van der Waals surface area contributed by atoms with Gasteiger partial charge in [0.05, 0.1) is 24.8 Å². The summed E-state index contributed by atoms with van der Waals surface area (Å²) >= 11 is 1.35. The summed E-state index contributed by atoms with van der Waals surface area (Å²) < 4.78 is 5.71. The standard InChI is InChI=1S/C27H33N5O3S/c1-18(2)35-25-7-6-23(15-24(25)16-28)27(31-29)36-19(3)21-5-4-20-8-11-32(12-9-22(20)14-21)26(34)17-30-10-13-33/h4-7,14-15,18,30,33H,3,8-13,17,29H2,1-2H3/b31-27-. The van der Waals surface area contributed by atoms with Gasteiger partial charge in [0.1, 0.15) is 16.9 Å². The molecular formula is C27H33N5O3S. The van der Waals surface area contributed by atoms with E-state index in [9.17, 15) is 10.1 Å². The Morgan fingerprint density at radius 2 is 1.97 bits per heavy atom. The Kier molecular flexibility index (Phi) is 9.94. The number of fused-ring (bicyclic) bond motifs is 1. The molecule has 36 heavy (non-hydrogen) atoms. The molecule has 190 valence electrons. The molecule has 0 aliphatic carbocycles. The highest BCUT2D eigenvalue weighted by Gasteiger charge is 2.19. The SMILES string of the molecule is C=C(S/C(=N\N)c1ccc(OC(C)C)c(C#N)c1)c1ccc2c(c1)CCN(C(=O)CNCCO)CC2. The van der Waals surface area contributed by atoms with Gasteiger partial charge in [-0.15, -0.1) is 0 Å². The van der Waals surface area contributed by atoms with Crippen molar-refractivity contribution in [3.63, 3.8) is 0 Å². The van der Waals surface area contributed by atoms with Gasteiger partial charge in [-0.3, -0.25) is 4.79 Å². The Labute approximate surface area is 216 Å². The van der Waals surface area contributed by atoms with E-state index in [2.05, 4.69) is 35.2 Å². The molecular weight excluding hydrogens is 474 g/mol. The van der Waals surface area contributed by atoms with Crippen LogP contribution in [0.5, 0.6) is 5.75 Å². The second-order valence-electron chi connectivity index (χ2n) is 8.71. The lowest BCUT2D eigenvalue weighted by Gasteiger charge is -2.20. The summed E-state index contributed by atoms with van der Waals surface area (Å²) in [5.74, 6) is 6.29. The summed E-state index contributed by atoms with van der Waals surface area (Å²) in [6.45, 7) is 10.0. The average Bonchev–Trinajstić information content (AvgIpc) is 3.09. The van der Waals surface area contributed by atoms with Crippen LogP contribution in [0.1, 0.15) is 41.7 Å². The lowest BCUT2D eigenvalue weighted by molar-refractivity contribution is -0.130. The van der Waals surface area contributed by atoms with E-state index in [1.54, 1.807) is 12.1 Å². The van der Waals surface area contributed by atoms with Crippen LogP contribution in [0.3, 0.4) is 0 Å². The maximum Gasteiger partial charge on any atom is 0.236 e. The van der Waals surface area contributed by atoms with Crippen LogP contribution >= 0.6 is 11.8 Å². The summed E-state index contributed by atoms with van der Waals surface area (Å²) in [4.78, 5) is 15.1. The number of nitrogens with zero attached hydrogens (tertiary/aromatic N) is 3. The number of aliphatic hydroxyl groups excluding tert-OH is 1. The maximum absolute atomic E-state index is 12.5. The molecule has 1 amide bonds. The van der Waals surface area contributed by atoms with Crippen molar-refractivity contribution in [2.45, 2.75) is 32.8 Å². The molecule has 9 heteroatoms. The van der Waals surface area contributed by atoms with Gasteiger partial charge in [0, 0.05) is 30.1 Å². The normalized spacial score (nSPS) is 13.6. The minimum absolute atomic E-state index is 0.0112. The van der Waals surface area contributed by atoms with Crippen molar-refractivity contribution < 1.29 is 14.6 Å². The van der Waals surface area contributed by atoms with E-state index in [-0.39, 0.29) is 25.2 Å². The molecule has 1 aliphatic rings. The molecule has 0 radical (unpaired) electrons. The molecule has 2 aromatic carbocycles. The van der Waals surface area contributed by atoms with Crippen LogP contribution in [0.2, 0.25) is 0 Å². The topological polar surface area (TPSA) is 124 Å². The van der Waals surface area contributed by atoms with Gasteiger partial charge < -0.3 is 25.9 Å². The first-order valence-electron chi connectivity index (χ1n) is 11.9. The van der Waals surface area contributed by atoms with Crippen LogP contribution in [0.15, 0.2) is 48.1 Å². The summed E-state index contributed by atoms with van der Waals surface area (Å²) in [6.07, 6.45) is 1.51. The molecule has 4 N–H and O–H groups in total.